The minimum atomic E-state index is -0.243. The Balaban J connectivity index is 1.67. The van der Waals surface area contributed by atoms with Crippen LogP contribution in [0.3, 0.4) is 0 Å². The standard InChI is InChI=1S/C22H26N2O3/c1-3-16(2)17-9-4-7-12-20(17)27-15-21(25)23-18-10-5-6-11-19(18)24-14-8-13-22(24)26/h4-7,9-12,16H,3,8,13-15H2,1-2H3,(H,23,25)/t16-/m0/s1. The van der Waals surface area contributed by atoms with Crippen LogP contribution in [-0.4, -0.2) is 25.0 Å². The third-order valence-electron chi connectivity index (χ3n) is 4.96. The zero-order valence-electron chi connectivity index (χ0n) is 15.9. The molecule has 5 nitrogen and oxygen atoms in total. The topological polar surface area (TPSA) is 58.6 Å². The maximum Gasteiger partial charge on any atom is 0.262 e. The normalized spacial score (nSPS) is 14.9. The molecule has 1 N–H and O–H groups in total. The molecular weight excluding hydrogens is 340 g/mol. The number of nitrogens with zero attached hydrogens (tertiary/aromatic N) is 1. The van der Waals surface area contributed by atoms with Gasteiger partial charge in [0.1, 0.15) is 5.75 Å². The summed E-state index contributed by atoms with van der Waals surface area (Å²) in [5.41, 5.74) is 2.49. The molecule has 0 saturated carbocycles. The third-order valence-corrected chi connectivity index (χ3v) is 4.96. The van der Waals surface area contributed by atoms with Gasteiger partial charge in [0.05, 0.1) is 11.4 Å². The number of ether oxygens (including phenoxy) is 1. The second-order valence-electron chi connectivity index (χ2n) is 6.85. The van der Waals surface area contributed by atoms with E-state index in [2.05, 4.69) is 19.2 Å². The fourth-order valence-corrected chi connectivity index (χ4v) is 3.29. The Hall–Kier alpha value is -2.82. The summed E-state index contributed by atoms with van der Waals surface area (Å²) >= 11 is 0. The van der Waals surface area contributed by atoms with Crippen molar-refractivity contribution in [2.45, 2.75) is 39.0 Å². The molecule has 0 unspecified atom stereocenters. The number of hydrogen-bond acceptors (Lipinski definition) is 3. The van der Waals surface area contributed by atoms with E-state index in [1.807, 2.05) is 48.5 Å². The van der Waals surface area contributed by atoms with E-state index >= 15 is 0 Å². The highest BCUT2D eigenvalue weighted by Crippen LogP contribution is 2.30. The Bertz CT molecular complexity index is 819. The van der Waals surface area contributed by atoms with Gasteiger partial charge in [-0.3, -0.25) is 9.59 Å². The first-order valence-corrected chi connectivity index (χ1v) is 9.51. The average Bonchev–Trinajstić information content (AvgIpc) is 3.12. The van der Waals surface area contributed by atoms with E-state index in [9.17, 15) is 9.59 Å². The van der Waals surface area contributed by atoms with Crippen molar-refractivity contribution in [1.82, 2.24) is 0 Å². The van der Waals surface area contributed by atoms with Crippen LogP contribution < -0.4 is 15.0 Å². The summed E-state index contributed by atoms with van der Waals surface area (Å²) in [7, 11) is 0. The number of benzene rings is 2. The summed E-state index contributed by atoms with van der Waals surface area (Å²) in [5.74, 6) is 0.958. The van der Waals surface area contributed by atoms with E-state index < -0.39 is 0 Å². The highest BCUT2D eigenvalue weighted by atomic mass is 16.5. The third kappa shape index (κ3) is 4.48. The number of hydrogen-bond donors (Lipinski definition) is 1. The van der Waals surface area contributed by atoms with Gasteiger partial charge in [-0.2, -0.15) is 0 Å². The molecule has 0 aliphatic carbocycles. The fourth-order valence-electron chi connectivity index (χ4n) is 3.29. The van der Waals surface area contributed by atoms with Gasteiger partial charge in [0, 0.05) is 13.0 Å². The van der Waals surface area contributed by atoms with Gasteiger partial charge in [-0.25, -0.2) is 0 Å². The van der Waals surface area contributed by atoms with E-state index in [-0.39, 0.29) is 18.4 Å². The summed E-state index contributed by atoms with van der Waals surface area (Å²) in [6.07, 6.45) is 2.40. The number of anilines is 2. The predicted octanol–water partition coefficient (Wildman–Crippen LogP) is 4.34. The summed E-state index contributed by atoms with van der Waals surface area (Å²) in [6, 6.07) is 15.2. The van der Waals surface area contributed by atoms with Crippen molar-refractivity contribution in [2.75, 3.05) is 23.4 Å². The number of carbonyl (C=O) groups is 2. The minimum absolute atomic E-state index is 0.0737. The summed E-state index contributed by atoms with van der Waals surface area (Å²) in [5, 5.41) is 2.88. The van der Waals surface area contributed by atoms with E-state index in [0.29, 0.717) is 24.6 Å². The van der Waals surface area contributed by atoms with Gasteiger partial charge >= 0.3 is 0 Å². The Morgan fingerprint density at radius 2 is 1.93 bits per heavy atom. The van der Waals surface area contributed by atoms with E-state index in [1.165, 1.54) is 0 Å². The summed E-state index contributed by atoms with van der Waals surface area (Å²) in [6.45, 7) is 4.89. The number of carbonyl (C=O) groups excluding carboxylic acids is 2. The number of nitrogens with one attached hydrogen (secondary N) is 1. The SMILES string of the molecule is CC[C@H](C)c1ccccc1OCC(=O)Nc1ccccc1N1CCCC1=O. The molecule has 2 aromatic carbocycles. The van der Waals surface area contributed by atoms with Crippen LogP contribution in [0.5, 0.6) is 5.75 Å². The summed E-state index contributed by atoms with van der Waals surface area (Å²) in [4.78, 5) is 26.2. The Morgan fingerprint density at radius 3 is 2.67 bits per heavy atom. The Labute approximate surface area is 160 Å². The van der Waals surface area contributed by atoms with Gasteiger partial charge in [-0.1, -0.05) is 44.2 Å². The molecule has 1 fully saturated rings. The van der Waals surface area contributed by atoms with Crippen LogP contribution in [0.25, 0.3) is 0 Å². The van der Waals surface area contributed by atoms with Crippen molar-refractivity contribution in [1.29, 1.82) is 0 Å². The quantitative estimate of drug-likeness (QED) is 0.793. The molecule has 0 spiro atoms. The lowest BCUT2D eigenvalue weighted by molar-refractivity contribution is -0.118. The van der Waals surface area contributed by atoms with Crippen molar-refractivity contribution in [3.63, 3.8) is 0 Å². The van der Waals surface area contributed by atoms with Gasteiger partial charge in [0.2, 0.25) is 5.91 Å². The van der Waals surface area contributed by atoms with Crippen LogP contribution in [0.1, 0.15) is 44.6 Å². The highest BCUT2D eigenvalue weighted by Gasteiger charge is 2.24. The molecule has 2 amide bonds. The van der Waals surface area contributed by atoms with Crippen molar-refractivity contribution in [3.8, 4) is 5.75 Å². The largest absolute Gasteiger partial charge is 0.483 e. The first kappa shape index (κ1) is 19.0. The monoisotopic (exact) mass is 366 g/mol. The zero-order chi connectivity index (χ0) is 19.2. The summed E-state index contributed by atoms with van der Waals surface area (Å²) < 4.78 is 5.79. The second-order valence-corrected chi connectivity index (χ2v) is 6.85. The molecule has 1 aliphatic rings. The first-order valence-electron chi connectivity index (χ1n) is 9.51. The smallest absolute Gasteiger partial charge is 0.262 e. The Kier molecular flexibility index (Phi) is 6.12. The van der Waals surface area contributed by atoms with Crippen molar-refractivity contribution in [3.05, 3.63) is 54.1 Å². The van der Waals surface area contributed by atoms with Gasteiger partial charge in [-0.05, 0) is 42.5 Å². The first-order chi connectivity index (χ1) is 13.1. The maximum absolute atomic E-state index is 12.4. The number of rotatable bonds is 7. The van der Waals surface area contributed by atoms with E-state index in [0.717, 1.165) is 29.8 Å². The molecule has 1 saturated heterocycles. The molecule has 0 aromatic heterocycles. The van der Waals surface area contributed by atoms with Crippen molar-refractivity contribution in [2.24, 2.45) is 0 Å². The molecule has 1 heterocycles. The lowest BCUT2D eigenvalue weighted by Crippen LogP contribution is -2.27. The maximum atomic E-state index is 12.4. The highest BCUT2D eigenvalue weighted by molar-refractivity contribution is 6.02. The number of amides is 2. The van der Waals surface area contributed by atoms with Crippen LogP contribution in [0, 0.1) is 0 Å². The molecule has 3 rings (SSSR count). The van der Waals surface area contributed by atoms with Crippen molar-refractivity contribution >= 4 is 23.2 Å². The van der Waals surface area contributed by atoms with Gasteiger partial charge < -0.3 is 15.0 Å². The van der Waals surface area contributed by atoms with Crippen LogP contribution in [0.4, 0.5) is 11.4 Å². The van der Waals surface area contributed by atoms with Crippen LogP contribution in [0.2, 0.25) is 0 Å². The van der Waals surface area contributed by atoms with Crippen LogP contribution >= 0.6 is 0 Å². The van der Waals surface area contributed by atoms with Gasteiger partial charge in [0.15, 0.2) is 6.61 Å². The van der Waals surface area contributed by atoms with Gasteiger partial charge in [0.25, 0.3) is 5.91 Å². The molecule has 2 aromatic rings. The van der Waals surface area contributed by atoms with Crippen LogP contribution in [-0.2, 0) is 9.59 Å². The molecule has 1 aliphatic heterocycles. The molecule has 5 heteroatoms. The van der Waals surface area contributed by atoms with Crippen LogP contribution in [0.15, 0.2) is 48.5 Å². The average molecular weight is 366 g/mol. The van der Waals surface area contributed by atoms with E-state index in [4.69, 9.17) is 4.74 Å². The Morgan fingerprint density at radius 1 is 1.19 bits per heavy atom. The van der Waals surface area contributed by atoms with Crippen molar-refractivity contribution < 1.29 is 14.3 Å². The van der Waals surface area contributed by atoms with E-state index in [1.54, 1.807) is 4.90 Å². The lowest BCUT2D eigenvalue weighted by Gasteiger charge is -2.20. The second kappa shape index (κ2) is 8.71. The fraction of sp³-hybridized carbons (Fsp3) is 0.364. The lowest BCUT2D eigenvalue weighted by atomic mass is 9.98. The number of para-hydroxylation sites is 3. The molecule has 1 atom stereocenters. The molecular formula is C22H26N2O3. The molecule has 27 heavy (non-hydrogen) atoms. The molecule has 0 bridgehead atoms. The minimum Gasteiger partial charge on any atom is -0.483 e. The van der Waals surface area contributed by atoms with Gasteiger partial charge in [-0.15, -0.1) is 0 Å². The molecule has 0 radical (unpaired) electrons. The zero-order valence-corrected chi connectivity index (χ0v) is 15.9. The molecule has 142 valence electrons. The predicted molar refractivity (Wildman–Crippen MR) is 107 cm³/mol.